The number of benzene rings is 1. The highest BCUT2D eigenvalue weighted by Gasteiger charge is 2.37. The van der Waals surface area contributed by atoms with Gasteiger partial charge in [-0.3, -0.25) is 4.79 Å². The smallest absolute Gasteiger partial charge is 0.268 e. The molecule has 17 heavy (non-hydrogen) atoms. The normalized spacial score (nSPS) is 19.3. The van der Waals surface area contributed by atoms with Crippen LogP contribution in [0.25, 0.3) is 0 Å². The van der Waals surface area contributed by atoms with Crippen molar-refractivity contribution in [2.24, 2.45) is 0 Å². The van der Waals surface area contributed by atoms with Gasteiger partial charge in [-0.25, -0.2) is 0 Å². The maximum Gasteiger partial charge on any atom is 0.268 e. The van der Waals surface area contributed by atoms with E-state index in [4.69, 9.17) is 0 Å². The van der Waals surface area contributed by atoms with E-state index in [1.165, 1.54) is 0 Å². The van der Waals surface area contributed by atoms with Crippen molar-refractivity contribution in [3.63, 3.8) is 0 Å². The van der Waals surface area contributed by atoms with E-state index in [0.29, 0.717) is 17.0 Å². The van der Waals surface area contributed by atoms with Gasteiger partial charge >= 0.3 is 0 Å². The molecule has 0 saturated heterocycles. The summed E-state index contributed by atoms with van der Waals surface area (Å²) in [6.07, 6.45) is 6.06. The van der Waals surface area contributed by atoms with Crippen LogP contribution >= 0.6 is 0 Å². The zero-order valence-electron chi connectivity index (χ0n) is 9.48. The molecule has 3 nitrogen and oxygen atoms in total. The number of ketones is 1. The van der Waals surface area contributed by atoms with E-state index in [9.17, 15) is 10.0 Å². The van der Waals surface area contributed by atoms with Crippen molar-refractivity contribution in [2.45, 2.75) is 25.7 Å². The summed E-state index contributed by atoms with van der Waals surface area (Å²) in [5.41, 5.74) is 2.28. The van der Waals surface area contributed by atoms with E-state index < -0.39 is 0 Å². The van der Waals surface area contributed by atoms with Gasteiger partial charge in [-0.15, -0.1) is 0 Å². The Labute approximate surface area is 99.7 Å². The van der Waals surface area contributed by atoms with Crippen molar-refractivity contribution in [2.75, 3.05) is 0 Å². The fourth-order valence-corrected chi connectivity index (χ4v) is 2.51. The van der Waals surface area contributed by atoms with E-state index >= 15 is 0 Å². The molecule has 0 spiro atoms. The molecule has 1 aliphatic heterocycles. The molecule has 0 bridgehead atoms. The fourth-order valence-electron chi connectivity index (χ4n) is 2.51. The van der Waals surface area contributed by atoms with Crippen LogP contribution in [-0.2, 0) is 0 Å². The van der Waals surface area contributed by atoms with Crippen LogP contribution in [0.1, 0.15) is 36.0 Å². The van der Waals surface area contributed by atoms with Gasteiger partial charge in [-0.05, 0) is 31.7 Å². The first-order valence-corrected chi connectivity index (χ1v) is 5.96. The van der Waals surface area contributed by atoms with Gasteiger partial charge in [0.1, 0.15) is 5.56 Å². The summed E-state index contributed by atoms with van der Waals surface area (Å²) in [4.78, 5) is 12.2. The number of allylic oxidation sites excluding steroid dienone is 2. The van der Waals surface area contributed by atoms with Crippen LogP contribution < -0.4 is 0 Å². The number of hydrogen-bond acceptors (Lipinski definition) is 2. The number of hydrogen-bond donors (Lipinski definition) is 0. The maximum atomic E-state index is 12.2. The second-order valence-electron chi connectivity index (χ2n) is 4.46. The number of rotatable bonds is 1. The largest absolute Gasteiger partial charge is 0.618 e. The van der Waals surface area contributed by atoms with Crippen LogP contribution in [0.2, 0.25) is 0 Å². The topological polar surface area (TPSA) is 43.1 Å². The summed E-state index contributed by atoms with van der Waals surface area (Å²) in [5, 5.41) is 12.1. The highest BCUT2D eigenvalue weighted by atomic mass is 16.5. The second-order valence-corrected chi connectivity index (χ2v) is 4.46. The van der Waals surface area contributed by atoms with Crippen LogP contribution in [-0.4, -0.2) is 16.2 Å². The van der Waals surface area contributed by atoms with Crippen molar-refractivity contribution in [3.05, 3.63) is 46.7 Å². The lowest BCUT2D eigenvalue weighted by atomic mass is 9.93. The third-order valence-corrected chi connectivity index (χ3v) is 3.38. The van der Waals surface area contributed by atoms with Gasteiger partial charge in [-0.2, -0.15) is 4.74 Å². The van der Waals surface area contributed by atoms with Crippen LogP contribution in [0, 0.1) is 5.21 Å². The highest BCUT2D eigenvalue weighted by Crippen LogP contribution is 2.30. The predicted octanol–water partition coefficient (Wildman–Crippen LogP) is 2.97. The molecule has 86 valence electrons. The van der Waals surface area contributed by atoms with Gasteiger partial charge in [0.25, 0.3) is 11.5 Å². The minimum Gasteiger partial charge on any atom is -0.618 e. The third kappa shape index (κ3) is 1.50. The fraction of sp³-hybridized carbons (Fsp3) is 0.286. The predicted molar refractivity (Wildman–Crippen MR) is 65.6 cm³/mol. The Morgan fingerprint density at radius 1 is 1.18 bits per heavy atom. The molecule has 0 N–H and O–H groups in total. The molecule has 1 aliphatic carbocycles. The molecule has 1 heterocycles. The van der Waals surface area contributed by atoms with Crippen LogP contribution in [0.15, 0.2) is 35.9 Å². The molecule has 3 rings (SSSR count). The number of para-hydroxylation sites is 1. The third-order valence-electron chi connectivity index (χ3n) is 3.38. The standard InChI is InChI=1S/C14H13NO2/c16-14-11-8-4-5-9-12(11)15(17)13(14)10-6-2-1-3-7-10/h4-6,8-9H,1-3,7H2. The van der Waals surface area contributed by atoms with Gasteiger partial charge in [0.2, 0.25) is 5.69 Å². The number of fused-ring (bicyclic) bond motifs is 1. The Balaban J connectivity index is 2.11. The molecule has 0 unspecified atom stereocenters. The van der Waals surface area contributed by atoms with Gasteiger partial charge in [0, 0.05) is 11.6 Å². The summed E-state index contributed by atoms with van der Waals surface area (Å²) >= 11 is 0. The lowest BCUT2D eigenvalue weighted by molar-refractivity contribution is -0.355. The number of nitrogens with zero attached hydrogens (tertiary/aromatic N) is 1. The molecule has 0 aromatic heterocycles. The molecular formula is C14H13NO2. The van der Waals surface area contributed by atoms with Crippen molar-refractivity contribution >= 4 is 17.2 Å². The molecule has 2 aliphatic rings. The van der Waals surface area contributed by atoms with Crippen molar-refractivity contribution < 1.29 is 9.53 Å². The first kappa shape index (κ1) is 10.3. The van der Waals surface area contributed by atoms with Gasteiger partial charge in [-0.1, -0.05) is 18.2 Å². The molecule has 0 fully saturated rings. The van der Waals surface area contributed by atoms with Crippen molar-refractivity contribution in [1.82, 2.24) is 0 Å². The van der Waals surface area contributed by atoms with E-state index in [-0.39, 0.29) is 5.78 Å². The molecule has 3 heteroatoms. The van der Waals surface area contributed by atoms with Gasteiger partial charge < -0.3 is 5.21 Å². The Hall–Kier alpha value is -1.90. The Kier molecular flexibility index (Phi) is 2.32. The summed E-state index contributed by atoms with van der Waals surface area (Å²) in [7, 11) is 0. The lowest BCUT2D eigenvalue weighted by Gasteiger charge is -2.10. The van der Waals surface area contributed by atoms with E-state index in [1.807, 2.05) is 6.08 Å². The molecule has 0 saturated carbocycles. The monoisotopic (exact) mass is 227 g/mol. The molecule has 0 radical (unpaired) electrons. The minimum absolute atomic E-state index is 0.122. The molecule has 0 atom stereocenters. The van der Waals surface area contributed by atoms with E-state index in [1.54, 1.807) is 24.3 Å². The number of carbonyl (C=O) groups is 1. The Bertz CT molecular complexity index is 555. The zero-order chi connectivity index (χ0) is 11.8. The quantitative estimate of drug-likeness (QED) is 0.546. The molecule has 0 amide bonds. The van der Waals surface area contributed by atoms with Gasteiger partial charge in [0.15, 0.2) is 0 Å². The van der Waals surface area contributed by atoms with Crippen molar-refractivity contribution in [1.29, 1.82) is 0 Å². The minimum atomic E-state index is -0.122. The average molecular weight is 227 g/mol. The van der Waals surface area contributed by atoms with E-state index in [2.05, 4.69) is 0 Å². The second kappa shape index (κ2) is 3.84. The molecule has 1 aromatic rings. The van der Waals surface area contributed by atoms with Gasteiger partial charge in [0.05, 0.1) is 0 Å². The van der Waals surface area contributed by atoms with Crippen LogP contribution in [0.3, 0.4) is 0 Å². The number of Topliss-reactive ketones (excluding diaryl/α,β-unsaturated/α-hetero) is 1. The summed E-state index contributed by atoms with van der Waals surface area (Å²) in [6.45, 7) is 0. The molecular weight excluding hydrogens is 214 g/mol. The first-order valence-electron chi connectivity index (χ1n) is 5.96. The first-order chi connectivity index (χ1) is 8.29. The zero-order valence-corrected chi connectivity index (χ0v) is 9.48. The SMILES string of the molecule is O=C1C(C2=CCCCC2)=[N+]([O-])c2ccccc21. The maximum absolute atomic E-state index is 12.2. The summed E-state index contributed by atoms with van der Waals surface area (Å²) in [6, 6.07) is 7.01. The Morgan fingerprint density at radius 2 is 2.00 bits per heavy atom. The molecule has 1 aromatic carbocycles. The Morgan fingerprint density at radius 3 is 2.71 bits per heavy atom. The summed E-state index contributed by atoms with van der Waals surface area (Å²) in [5.74, 6) is -0.122. The average Bonchev–Trinajstić information content (AvgIpc) is 2.64. The lowest BCUT2D eigenvalue weighted by Crippen LogP contribution is -2.19. The number of carbonyl (C=O) groups excluding carboxylic acids is 1. The van der Waals surface area contributed by atoms with Crippen molar-refractivity contribution in [3.8, 4) is 0 Å². The highest BCUT2D eigenvalue weighted by molar-refractivity contribution is 6.52. The van der Waals surface area contributed by atoms with Crippen LogP contribution in [0.5, 0.6) is 0 Å². The summed E-state index contributed by atoms with van der Waals surface area (Å²) < 4.78 is 0.800. The van der Waals surface area contributed by atoms with Crippen LogP contribution in [0.4, 0.5) is 5.69 Å². The van der Waals surface area contributed by atoms with E-state index in [0.717, 1.165) is 36.0 Å².